The second kappa shape index (κ2) is 4.95. The Balaban J connectivity index is 0.00000110. The smallest absolute Gasteiger partial charge is 0.140 e. The van der Waals surface area contributed by atoms with Crippen LogP contribution < -0.4 is 4.74 Å². The predicted molar refractivity (Wildman–Crippen MR) is 76.8 cm³/mol. The molecule has 0 amide bonds. The van der Waals surface area contributed by atoms with Crippen LogP contribution in [0.15, 0.2) is 18.5 Å². The Labute approximate surface area is 120 Å². The summed E-state index contributed by atoms with van der Waals surface area (Å²) in [7, 11) is 0. The predicted octanol–water partition coefficient (Wildman–Crippen LogP) is 2.53. The number of nitrogens with zero attached hydrogens (tertiary/aromatic N) is 2. The minimum Gasteiger partial charge on any atom is -0.488 e. The molecule has 4 heteroatoms. The van der Waals surface area contributed by atoms with Crippen LogP contribution in [0.4, 0.5) is 0 Å². The fraction of sp³-hybridized carbons (Fsp3) is 0.667. The van der Waals surface area contributed by atoms with E-state index in [1.165, 1.54) is 38.0 Å². The minimum atomic E-state index is 0. The number of pyridine rings is 1. The molecule has 1 aromatic heterocycles. The summed E-state index contributed by atoms with van der Waals surface area (Å²) in [6.07, 6.45) is 6.89. The van der Waals surface area contributed by atoms with Gasteiger partial charge in [0.2, 0.25) is 0 Å². The van der Waals surface area contributed by atoms with Gasteiger partial charge in [-0.2, -0.15) is 0 Å². The average molecular weight is 281 g/mol. The van der Waals surface area contributed by atoms with Crippen LogP contribution in [0, 0.1) is 24.7 Å². The third kappa shape index (κ3) is 2.23. The third-order valence-electron chi connectivity index (χ3n) is 4.96. The molecule has 4 bridgehead atoms. The van der Waals surface area contributed by atoms with E-state index >= 15 is 0 Å². The third-order valence-corrected chi connectivity index (χ3v) is 4.96. The molecule has 1 aromatic rings. The van der Waals surface area contributed by atoms with Crippen LogP contribution in [-0.4, -0.2) is 35.6 Å². The molecule has 3 saturated heterocycles. The Bertz CT molecular complexity index is 437. The fourth-order valence-corrected chi connectivity index (χ4v) is 4.28. The summed E-state index contributed by atoms with van der Waals surface area (Å²) >= 11 is 0. The Morgan fingerprint density at radius 1 is 1.21 bits per heavy atom. The Morgan fingerprint density at radius 2 is 1.95 bits per heavy atom. The van der Waals surface area contributed by atoms with Crippen molar-refractivity contribution in [1.29, 1.82) is 0 Å². The number of aromatic nitrogens is 1. The largest absolute Gasteiger partial charge is 0.488 e. The highest BCUT2D eigenvalue weighted by Gasteiger charge is 2.48. The SMILES string of the molecule is Cc1ccncc1OC1C2CC3CC1CN(C3)C2.Cl. The van der Waals surface area contributed by atoms with Crippen LogP contribution in [0.2, 0.25) is 0 Å². The summed E-state index contributed by atoms with van der Waals surface area (Å²) in [5.74, 6) is 3.43. The van der Waals surface area contributed by atoms with Gasteiger partial charge in [-0.1, -0.05) is 0 Å². The second-order valence-electron chi connectivity index (χ2n) is 6.30. The van der Waals surface area contributed by atoms with Gasteiger partial charge in [-0.05, 0) is 37.3 Å². The highest BCUT2D eigenvalue weighted by molar-refractivity contribution is 5.85. The summed E-state index contributed by atoms with van der Waals surface area (Å²) in [5, 5.41) is 0. The molecular weight excluding hydrogens is 260 g/mol. The first-order chi connectivity index (χ1) is 8.79. The van der Waals surface area contributed by atoms with E-state index in [-0.39, 0.29) is 12.4 Å². The van der Waals surface area contributed by atoms with Crippen molar-refractivity contribution in [3.8, 4) is 5.75 Å². The van der Waals surface area contributed by atoms with Crippen LogP contribution in [0.1, 0.15) is 18.4 Å². The van der Waals surface area contributed by atoms with Gasteiger partial charge in [0, 0.05) is 37.7 Å². The molecule has 0 aromatic carbocycles. The topological polar surface area (TPSA) is 25.4 Å². The summed E-state index contributed by atoms with van der Waals surface area (Å²) < 4.78 is 6.33. The summed E-state index contributed by atoms with van der Waals surface area (Å²) in [4.78, 5) is 6.84. The Kier molecular flexibility index (Phi) is 3.44. The maximum Gasteiger partial charge on any atom is 0.140 e. The molecule has 3 nitrogen and oxygen atoms in total. The normalized spacial score (nSPS) is 38.9. The van der Waals surface area contributed by atoms with Crippen LogP contribution in [0.5, 0.6) is 5.75 Å². The zero-order valence-corrected chi connectivity index (χ0v) is 12.1. The lowest BCUT2D eigenvalue weighted by Crippen LogP contribution is -2.61. The van der Waals surface area contributed by atoms with Crippen LogP contribution in [-0.2, 0) is 0 Å². The molecule has 2 atom stereocenters. The van der Waals surface area contributed by atoms with Gasteiger partial charge >= 0.3 is 0 Å². The second-order valence-corrected chi connectivity index (χ2v) is 6.30. The van der Waals surface area contributed by atoms with Crippen LogP contribution in [0.25, 0.3) is 0 Å². The first-order valence-electron chi connectivity index (χ1n) is 7.09. The standard InChI is InChI=1S/C15H20N2O.ClH/c1-10-2-3-16-6-14(10)18-15-12-4-11-5-13(15)9-17(7-11)8-12;/h2-3,6,11-13,15H,4-5,7-9H2,1H3;1H. The van der Waals surface area contributed by atoms with Crippen molar-refractivity contribution >= 4 is 12.4 Å². The van der Waals surface area contributed by atoms with Gasteiger partial charge in [-0.3, -0.25) is 4.98 Å². The maximum absolute atomic E-state index is 6.33. The molecule has 4 heterocycles. The van der Waals surface area contributed by atoms with Crippen LogP contribution >= 0.6 is 12.4 Å². The molecule has 2 unspecified atom stereocenters. The van der Waals surface area contributed by atoms with Crippen molar-refractivity contribution in [2.24, 2.45) is 17.8 Å². The van der Waals surface area contributed by atoms with Gasteiger partial charge in [-0.15, -0.1) is 12.4 Å². The summed E-state index contributed by atoms with van der Waals surface area (Å²) in [6.45, 7) is 5.94. The quantitative estimate of drug-likeness (QED) is 0.832. The van der Waals surface area contributed by atoms with Crippen LogP contribution in [0.3, 0.4) is 0 Å². The number of rotatable bonds is 2. The van der Waals surface area contributed by atoms with E-state index in [2.05, 4.69) is 16.8 Å². The molecule has 4 fully saturated rings. The molecule has 104 valence electrons. The minimum absolute atomic E-state index is 0. The first-order valence-corrected chi connectivity index (χ1v) is 7.09. The molecule has 1 saturated carbocycles. The van der Waals surface area contributed by atoms with Gasteiger partial charge < -0.3 is 9.64 Å². The van der Waals surface area contributed by atoms with E-state index in [1.54, 1.807) is 0 Å². The van der Waals surface area contributed by atoms with Crippen molar-refractivity contribution in [2.75, 3.05) is 19.6 Å². The highest BCUT2D eigenvalue weighted by Crippen LogP contribution is 2.45. The van der Waals surface area contributed by atoms with E-state index in [4.69, 9.17) is 4.74 Å². The number of hydrogen-bond donors (Lipinski definition) is 0. The van der Waals surface area contributed by atoms with Gasteiger partial charge in [0.05, 0.1) is 6.20 Å². The molecule has 3 aliphatic heterocycles. The van der Waals surface area contributed by atoms with Crippen molar-refractivity contribution in [2.45, 2.75) is 25.9 Å². The number of piperidine rings is 3. The van der Waals surface area contributed by atoms with Gasteiger partial charge in [-0.25, -0.2) is 0 Å². The van der Waals surface area contributed by atoms with Crippen molar-refractivity contribution < 1.29 is 4.74 Å². The molecule has 19 heavy (non-hydrogen) atoms. The lowest BCUT2D eigenvalue weighted by molar-refractivity contribution is -0.0987. The number of ether oxygens (including phenoxy) is 1. The fourth-order valence-electron chi connectivity index (χ4n) is 4.28. The average Bonchev–Trinajstić information content (AvgIpc) is 2.35. The molecule has 5 rings (SSSR count). The Morgan fingerprint density at radius 3 is 2.58 bits per heavy atom. The monoisotopic (exact) mass is 280 g/mol. The number of aryl methyl sites for hydroxylation is 1. The molecule has 0 radical (unpaired) electrons. The zero-order valence-electron chi connectivity index (χ0n) is 11.3. The highest BCUT2D eigenvalue weighted by atomic mass is 35.5. The lowest BCUT2D eigenvalue weighted by atomic mass is 9.66. The molecule has 1 aliphatic carbocycles. The molecule has 0 N–H and O–H groups in total. The van der Waals surface area contributed by atoms with Gasteiger partial charge in [0.25, 0.3) is 0 Å². The summed E-state index contributed by atoms with van der Waals surface area (Å²) in [6, 6.07) is 2.04. The first kappa shape index (κ1) is 13.2. The van der Waals surface area contributed by atoms with E-state index in [0.717, 1.165) is 23.5 Å². The number of hydrogen-bond acceptors (Lipinski definition) is 3. The Hall–Kier alpha value is -0.800. The van der Waals surface area contributed by atoms with E-state index < -0.39 is 0 Å². The van der Waals surface area contributed by atoms with Crippen molar-refractivity contribution in [3.05, 3.63) is 24.0 Å². The van der Waals surface area contributed by atoms with E-state index in [1.807, 2.05) is 18.5 Å². The van der Waals surface area contributed by atoms with Gasteiger partial charge in [0.1, 0.15) is 11.9 Å². The van der Waals surface area contributed by atoms with Crippen molar-refractivity contribution in [3.63, 3.8) is 0 Å². The lowest BCUT2D eigenvalue weighted by Gasteiger charge is -2.55. The maximum atomic E-state index is 6.33. The van der Waals surface area contributed by atoms with E-state index in [0.29, 0.717) is 6.10 Å². The van der Waals surface area contributed by atoms with E-state index in [9.17, 15) is 0 Å². The molecule has 0 spiro atoms. The summed E-state index contributed by atoms with van der Waals surface area (Å²) in [5.41, 5.74) is 1.21. The number of halogens is 1. The molecular formula is C15H21ClN2O. The zero-order chi connectivity index (χ0) is 12.1. The molecule has 4 aliphatic rings. The van der Waals surface area contributed by atoms with Gasteiger partial charge in [0.15, 0.2) is 0 Å². The van der Waals surface area contributed by atoms with Crippen molar-refractivity contribution in [1.82, 2.24) is 9.88 Å².